The molecular formula is C37H32N8O2. The SMILES string of the molecule is C/C(=N\N=C(c1ccccc1)c1ccccc1)NC(=Nc1ccc([N+](=O)[O-])cc1)N/C(C)=N/N=C(c1ccccc1)c1ccccc1. The second kappa shape index (κ2) is 16.0. The number of non-ortho nitro benzene ring substituents is 1. The maximum atomic E-state index is 11.2. The summed E-state index contributed by atoms with van der Waals surface area (Å²) in [5.41, 5.74) is 5.52. The lowest BCUT2D eigenvalue weighted by atomic mass is 10.0. The molecule has 10 heteroatoms. The van der Waals surface area contributed by atoms with E-state index in [2.05, 4.69) is 36.0 Å². The van der Waals surface area contributed by atoms with E-state index in [1.54, 1.807) is 26.0 Å². The van der Waals surface area contributed by atoms with E-state index in [0.29, 0.717) is 28.8 Å². The molecule has 0 saturated carbocycles. The Balaban J connectivity index is 1.47. The van der Waals surface area contributed by atoms with E-state index < -0.39 is 4.92 Å². The molecule has 0 unspecified atom stereocenters. The van der Waals surface area contributed by atoms with Crippen molar-refractivity contribution in [2.45, 2.75) is 13.8 Å². The summed E-state index contributed by atoms with van der Waals surface area (Å²) in [6.07, 6.45) is 0. The van der Waals surface area contributed by atoms with Crippen LogP contribution in [0, 0.1) is 10.1 Å². The number of nitrogens with one attached hydrogen (secondary N) is 2. The quantitative estimate of drug-likeness (QED) is 0.0805. The molecule has 0 aliphatic rings. The summed E-state index contributed by atoms with van der Waals surface area (Å²) in [6, 6.07) is 45.1. The van der Waals surface area contributed by atoms with Gasteiger partial charge in [-0.05, 0) is 26.0 Å². The van der Waals surface area contributed by atoms with E-state index in [4.69, 9.17) is 0 Å². The molecule has 0 spiro atoms. The van der Waals surface area contributed by atoms with Gasteiger partial charge in [0.15, 0.2) is 0 Å². The van der Waals surface area contributed by atoms with Gasteiger partial charge in [-0.3, -0.25) is 10.1 Å². The number of benzene rings is 5. The van der Waals surface area contributed by atoms with Gasteiger partial charge in [0.1, 0.15) is 23.1 Å². The lowest BCUT2D eigenvalue weighted by Crippen LogP contribution is -2.42. The molecule has 5 aromatic carbocycles. The number of hydrogen-bond donors (Lipinski definition) is 2. The van der Waals surface area contributed by atoms with Gasteiger partial charge >= 0.3 is 0 Å². The van der Waals surface area contributed by atoms with E-state index in [-0.39, 0.29) is 11.6 Å². The minimum atomic E-state index is -0.456. The van der Waals surface area contributed by atoms with E-state index in [0.717, 1.165) is 22.3 Å². The monoisotopic (exact) mass is 620 g/mol. The van der Waals surface area contributed by atoms with Gasteiger partial charge in [-0.1, -0.05) is 121 Å². The minimum Gasteiger partial charge on any atom is -0.313 e. The van der Waals surface area contributed by atoms with Crippen molar-refractivity contribution in [1.82, 2.24) is 10.6 Å². The van der Waals surface area contributed by atoms with E-state index >= 15 is 0 Å². The molecule has 0 bridgehead atoms. The van der Waals surface area contributed by atoms with Gasteiger partial charge in [0.2, 0.25) is 5.96 Å². The molecule has 0 aliphatic heterocycles. The Morgan fingerprint density at radius 2 is 0.851 bits per heavy atom. The second-order valence-electron chi connectivity index (χ2n) is 10.2. The largest absolute Gasteiger partial charge is 0.313 e. The standard InChI is InChI=1S/C37H32N8O2/c1-27(41-43-35(29-15-7-3-8-16-29)30-17-9-4-10-18-30)38-37(40-33-23-25-34(26-24-33)45(46)47)39-28(2)42-44-36(31-19-11-5-12-20-31)32-21-13-6-14-22-32/h3-26H,1-2H3,(H2,38,39,40,41,42). The van der Waals surface area contributed by atoms with Crippen LogP contribution < -0.4 is 10.6 Å². The van der Waals surface area contributed by atoms with Crippen LogP contribution in [0.15, 0.2) is 171 Å². The van der Waals surface area contributed by atoms with Crippen LogP contribution in [0.2, 0.25) is 0 Å². The first kappa shape index (κ1) is 31.9. The Bertz CT molecular complexity index is 1740. The number of guanidine groups is 1. The molecule has 0 fully saturated rings. The van der Waals surface area contributed by atoms with Crippen molar-refractivity contribution in [2.75, 3.05) is 0 Å². The molecule has 5 aromatic rings. The molecular weight excluding hydrogens is 588 g/mol. The smallest absolute Gasteiger partial charge is 0.269 e. The van der Waals surface area contributed by atoms with Crippen molar-refractivity contribution < 1.29 is 4.92 Å². The van der Waals surface area contributed by atoms with Crippen LogP contribution in [0.1, 0.15) is 36.1 Å². The number of amidine groups is 2. The summed E-state index contributed by atoms with van der Waals surface area (Å²) < 4.78 is 0. The number of hydrogen-bond acceptors (Lipinski definition) is 7. The summed E-state index contributed by atoms with van der Waals surface area (Å²) in [7, 11) is 0. The molecule has 0 aliphatic carbocycles. The minimum absolute atomic E-state index is 0.0331. The highest BCUT2D eigenvalue weighted by atomic mass is 16.6. The van der Waals surface area contributed by atoms with Crippen LogP contribution >= 0.6 is 0 Å². The van der Waals surface area contributed by atoms with Crippen molar-refractivity contribution in [1.29, 1.82) is 0 Å². The fraction of sp³-hybridized carbons (Fsp3) is 0.0541. The Morgan fingerprint density at radius 3 is 1.17 bits per heavy atom. The Hall–Kier alpha value is -6.55. The maximum absolute atomic E-state index is 11.2. The van der Waals surface area contributed by atoms with Crippen LogP contribution in [-0.2, 0) is 0 Å². The molecule has 0 aromatic heterocycles. The highest BCUT2D eigenvalue weighted by molar-refractivity contribution is 6.14. The van der Waals surface area contributed by atoms with Crippen molar-refractivity contribution >= 4 is 40.4 Å². The lowest BCUT2D eigenvalue weighted by Gasteiger charge is -2.12. The Labute approximate surface area is 272 Å². The van der Waals surface area contributed by atoms with Crippen molar-refractivity contribution in [3.8, 4) is 0 Å². The number of nitro benzene ring substituents is 1. The van der Waals surface area contributed by atoms with Gasteiger partial charge in [0.05, 0.1) is 10.6 Å². The summed E-state index contributed by atoms with van der Waals surface area (Å²) >= 11 is 0. The Kier molecular flexibility index (Phi) is 10.8. The van der Waals surface area contributed by atoms with Crippen LogP contribution in [-0.4, -0.2) is 34.0 Å². The molecule has 2 N–H and O–H groups in total. The van der Waals surface area contributed by atoms with Crippen molar-refractivity contribution in [3.63, 3.8) is 0 Å². The normalized spacial score (nSPS) is 11.2. The Morgan fingerprint density at radius 1 is 0.511 bits per heavy atom. The van der Waals surface area contributed by atoms with Crippen LogP contribution in [0.25, 0.3) is 0 Å². The zero-order valence-corrected chi connectivity index (χ0v) is 25.9. The van der Waals surface area contributed by atoms with Gasteiger partial charge in [0, 0.05) is 34.4 Å². The molecule has 232 valence electrons. The fourth-order valence-electron chi connectivity index (χ4n) is 4.46. The number of aliphatic imine (C=N–C) groups is 1. The summed E-state index contributed by atoms with van der Waals surface area (Å²) in [6.45, 7) is 3.52. The van der Waals surface area contributed by atoms with Gasteiger partial charge in [-0.25, -0.2) is 4.99 Å². The first-order chi connectivity index (χ1) is 23.0. The van der Waals surface area contributed by atoms with E-state index in [9.17, 15) is 10.1 Å². The summed E-state index contributed by atoms with van der Waals surface area (Å²) in [5, 5.41) is 35.6. The molecule has 0 amide bonds. The first-order valence-corrected chi connectivity index (χ1v) is 14.8. The summed E-state index contributed by atoms with van der Waals surface area (Å²) in [4.78, 5) is 15.4. The van der Waals surface area contributed by atoms with Crippen LogP contribution in [0.3, 0.4) is 0 Å². The third-order valence-electron chi connectivity index (χ3n) is 6.69. The number of nitrogens with zero attached hydrogens (tertiary/aromatic N) is 6. The highest BCUT2D eigenvalue weighted by Crippen LogP contribution is 2.18. The average molecular weight is 621 g/mol. The van der Waals surface area contributed by atoms with Crippen LogP contribution in [0.4, 0.5) is 11.4 Å². The zero-order chi connectivity index (χ0) is 32.8. The van der Waals surface area contributed by atoms with E-state index in [1.165, 1.54) is 12.1 Å². The van der Waals surface area contributed by atoms with Crippen LogP contribution in [0.5, 0.6) is 0 Å². The van der Waals surface area contributed by atoms with Gasteiger partial charge in [-0.15, -0.1) is 20.4 Å². The fourth-order valence-corrected chi connectivity index (χ4v) is 4.46. The second-order valence-corrected chi connectivity index (χ2v) is 10.2. The topological polar surface area (TPSA) is 129 Å². The van der Waals surface area contributed by atoms with Gasteiger partial charge in [-0.2, -0.15) is 0 Å². The summed E-state index contributed by atoms with van der Waals surface area (Å²) in [5.74, 6) is 1.15. The first-order valence-electron chi connectivity index (χ1n) is 14.8. The highest BCUT2D eigenvalue weighted by Gasteiger charge is 2.10. The molecule has 0 radical (unpaired) electrons. The van der Waals surface area contributed by atoms with Gasteiger partial charge < -0.3 is 10.6 Å². The number of nitro groups is 1. The van der Waals surface area contributed by atoms with E-state index in [1.807, 2.05) is 121 Å². The maximum Gasteiger partial charge on any atom is 0.269 e. The van der Waals surface area contributed by atoms with Crippen molar-refractivity contribution in [3.05, 3.63) is 178 Å². The zero-order valence-electron chi connectivity index (χ0n) is 25.9. The molecule has 0 atom stereocenters. The molecule has 0 saturated heterocycles. The van der Waals surface area contributed by atoms with Crippen molar-refractivity contribution in [2.24, 2.45) is 25.4 Å². The molecule has 10 nitrogen and oxygen atoms in total. The third kappa shape index (κ3) is 9.22. The average Bonchev–Trinajstić information content (AvgIpc) is 3.10. The van der Waals surface area contributed by atoms with Gasteiger partial charge in [0.25, 0.3) is 5.69 Å². The lowest BCUT2D eigenvalue weighted by molar-refractivity contribution is -0.384. The predicted octanol–water partition coefficient (Wildman–Crippen LogP) is 7.50. The molecule has 5 rings (SSSR count). The number of rotatable bonds is 8. The molecule has 47 heavy (non-hydrogen) atoms. The third-order valence-corrected chi connectivity index (χ3v) is 6.69. The molecule has 0 heterocycles. The predicted molar refractivity (Wildman–Crippen MR) is 190 cm³/mol.